The molecule has 1 heterocycles. The molecule has 2 N–H and O–H groups in total. The van der Waals surface area contributed by atoms with Crippen LogP contribution in [0, 0.1) is 0 Å². The standard InChI is InChI=1S/C17H31N5O/c1-4-18-17(20-11-7-13-22(2)14-15-23-3)21-12-9-16-8-5-6-10-19-16/h5-6,8,10H,4,7,9,11-15H2,1-3H3,(H2,18,20,21). The molecule has 0 saturated heterocycles. The molecule has 0 bridgehead atoms. The lowest BCUT2D eigenvalue weighted by Crippen LogP contribution is -2.38. The first-order chi connectivity index (χ1) is 11.3. The van der Waals surface area contributed by atoms with Gasteiger partial charge in [0.05, 0.1) is 6.61 Å². The fourth-order valence-corrected chi connectivity index (χ4v) is 2.09. The van der Waals surface area contributed by atoms with E-state index < -0.39 is 0 Å². The summed E-state index contributed by atoms with van der Waals surface area (Å²) in [4.78, 5) is 11.2. The van der Waals surface area contributed by atoms with E-state index in [1.54, 1.807) is 7.11 Å². The van der Waals surface area contributed by atoms with Crippen LogP contribution in [0.1, 0.15) is 19.0 Å². The number of hydrogen-bond acceptors (Lipinski definition) is 4. The molecule has 1 rings (SSSR count). The molecule has 23 heavy (non-hydrogen) atoms. The zero-order valence-electron chi connectivity index (χ0n) is 14.7. The molecule has 1 aromatic rings. The molecular weight excluding hydrogens is 290 g/mol. The molecule has 0 unspecified atom stereocenters. The van der Waals surface area contributed by atoms with Crippen molar-refractivity contribution in [1.82, 2.24) is 20.5 Å². The Labute approximate surface area is 140 Å². The number of pyridine rings is 1. The maximum absolute atomic E-state index is 5.08. The molecule has 130 valence electrons. The van der Waals surface area contributed by atoms with Crippen molar-refractivity contribution in [2.24, 2.45) is 4.99 Å². The molecule has 0 radical (unpaired) electrons. The molecule has 6 nitrogen and oxygen atoms in total. The predicted octanol–water partition coefficient (Wildman–Crippen LogP) is 1.15. The van der Waals surface area contributed by atoms with Gasteiger partial charge in [0.15, 0.2) is 5.96 Å². The maximum atomic E-state index is 5.08. The lowest BCUT2D eigenvalue weighted by atomic mass is 10.3. The lowest BCUT2D eigenvalue weighted by Gasteiger charge is -2.15. The Morgan fingerprint density at radius 3 is 2.87 bits per heavy atom. The molecule has 0 spiro atoms. The van der Waals surface area contributed by atoms with E-state index in [9.17, 15) is 0 Å². The molecule has 0 saturated carbocycles. The zero-order chi connectivity index (χ0) is 16.8. The molecule has 0 amide bonds. The summed E-state index contributed by atoms with van der Waals surface area (Å²) < 4.78 is 5.08. The van der Waals surface area contributed by atoms with Crippen LogP contribution >= 0.6 is 0 Å². The second kappa shape index (κ2) is 12.8. The molecule has 0 fully saturated rings. The molecule has 0 atom stereocenters. The third kappa shape index (κ3) is 9.86. The van der Waals surface area contributed by atoms with Gasteiger partial charge in [0, 0.05) is 51.6 Å². The average molecular weight is 321 g/mol. The number of nitrogens with one attached hydrogen (secondary N) is 2. The van der Waals surface area contributed by atoms with Crippen LogP contribution < -0.4 is 10.6 Å². The second-order valence-corrected chi connectivity index (χ2v) is 5.41. The van der Waals surface area contributed by atoms with Gasteiger partial charge < -0.3 is 20.3 Å². The number of ether oxygens (including phenoxy) is 1. The molecule has 0 aliphatic heterocycles. The Bertz CT molecular complexity index is 424. The van der Waals surface area contributed by atoms with Crippen LogP contribution in [0.3, 0.4) is 0 Å². The number of aliphatic imine (C=N–C) groups is 1. The fraction of sp³-hybridized carbons (Fsp3) is 0.647. The van der Waals surface area contributed by atoms with E-state index >= 15 is 0 Å². The van der Waals surface area contributed by atoms with Crippen molar-refractivity contribution in [2.75, 3.05) is 53.5 Å². The molecule has 1 aromatic heterocycles. The van der Waals surface area contributed by atoms with Gasteiger partial charge in [0.1, 0.15) is 0 Å². The SMILES string of the molecule is CCNC(=NCCCN(C)CCOC)NCCc1ccccn1. The Balaban J connectivity index is 2.24. The van der Waals surface area contributed by atoms with Crippen LogP contribution in [0.5, 0.6) is 0 Å². The summed E-state index contributed by atoms with van der Waals surface area (Å²) >= 11 is 0. The molecule has 6 heteroatoms. The van der Waals surface area contributed by atoms with Gasteiger partial charge in [-0.15, -0.1) is 0 Å². The normalized spacial score (nSPS) is 11.7. The minimum atomic E-state index is 0.775. The van der Waals surface area contributed by atoms with Crippen molar-refractivity contribution in [3.05, 3.63) is 30.1 Å². The first-order valence-electron chi connectivity index (χ1n) is 8.35. The van der Waals surface area contributed by atoms with E-state index in [-0.39, 0.29) is 0 Å². The van der Waals surface area contributed by atoms with Crippen molar-refractivity contribution in [3.8, 4) is 0 Å². The van der Waals surface area contributed by atoms with E-state index in [2.05, 4.69) is 39.5 Å². The van der Waals surface area contributed by atoms with E-state index in [0.717, 1.165) is 63.8 Å². The van der Waals surface area contributed by atoms with Gasteiger partial charge in [0.2, 0.25) is 0 Å². The van der Waals surface area contributed by atoms with Gasteiger partial charge in [-0.3, -0.25) is 9.98 Å². The third-order valence-corrected chi connectivity index (χ3v) is 3.39. The van der Waals surface area contributed by atoms with Gasteiger partial charge in [-0.05, 0) is 39.1 Å². The van der Waals surface area contributed by atoms with Crippen molar-refractivity contribution in [1.29, 1.82) is 0 Å². The number of rotatable bonds is 11. The number of guanidine groups is 1. The van der Waals surface area contributed by atoms with Crippen molar-refractivity contribution >= 4 is 5.96 Å². The summed E-state index contributed by atoms with van der Waals surface area (Å²) in [6.45, 7) is 7.35. The number of nitrogens with zero attached hydrogens (tertiary/aromatic N) is 3. The summed E-state index contributed by atoms with van der Waals surface area (Å²) in [5.74, 6) is 0.878. The lowest BCUT2D eigenvalue weighted by molar-refractivity contribution is 0.161. The molecule has 0 aliphatic rings. The van der Waals surface area contributed by atoms with Crippen LogP contribution in [0.25, 0.3) is 0 Å². The summed E-state index contributed by atoms with van der Waals surface area (Å²) in [7, 11) is 3.84. The highest BCUT2D eigenvalue weighted by Gasteiger charge is 2.00. The highest BCUT2D eigenvalue weighted by atomic mass is 16.5. The molecular formula is C17H31N5O. The summed E-state index contributed by atoms with van der Waals surface area (Å²) in [5.41, 5.74) is 1.09. The quantitative estimate of drug-likeness (QED) is 0.364. The van der Waals surface area contributed by atoms with Crippen molar-refractivity contribution < 1.29 is 4.74 Å². The summed E-state index contributed by atoms with van der Waals surface area (Å²) in [5, 5.41) is 6.63. The fourth-order valence-electron chi connectivity index (χ4n) is 2.09. The van der Waals surface area contributed by atoms with Crippen LogP contribution in [0.4, 0.5) is 0 Å². The predicted molar refractivity (Wildman–Crippen MR) is 95.9 cm³/mol. The van der Waals surface area contributed by atoms with Gasteiger partial charge >= 0.3 is 0 Å². The maximum Gasteiger partial charge on any atom is 0.191 e. The van der Waals surface area contributed by atoms with E-state index in [1.807, 2.05) is 24.4 Å². The number of aromatic nitrogens is 1. The summed E-state index contributed by atoms with van der Waals surface area (Å²) in [6, 6.07) is 6.00. The Morgan fingerprint density at radius 1 is 1.30 bits per heavy atom. The number of methoxy groups -OCH3 is 1. The van der Waals surface area contributed by atoms with Crippen LogP contribution in [-0.4, -0.2) is 69.3 Å². The van der Waals surface area contributed by atoms with E-state index in [1.165, 1.54) is 0 Å². The van der Waals surface area contributed by atoms with Crippen LogP contribution in [0.2, 0.25) is 0 Å². The Kier molecular flexibility index (Phi) is 10.8. The third-order valence-electron chi connectivity index (χ3n) is 3.39. The smallest absolute Gasteiger partial charge is 0.191 e. The topological polar surface area (TPSA) is 61.8 Å². The van der Waals surface area contributed by atoms with Crippen LogP contribution in [-0.2, 0) is 11.2 Å². The van der Waals surface area contributed by atoms with Gasteiger partial charge in [-0.1, -0.05) is 6.07 Å². The first-order valence-corrected chi connectivity index (χ1v) is 8.35. The number of hydrogen-bond donors (Lipinski definition) is 2. The Hall–Kier alpha value is -1.66. The minimum Gasteiger partial charge on any atom is -0.383 e. The van der Waals surface area contributed by atoms with Crippen molar-refractivity contribution in [3.63, 3.8) is 0 Å². The Morgan fingerprint density at radius 2 is 2.17 bits per heavy atom. The minimum absolute atomic E-state index is 0.775. The van der Waals surface area contributed by atoms with Gasteiger partial charge in [-0.2, -0.15) is 0 Å². The van der Waals surface area contributed by atoms with E-state index in [0.29, 0.717) is 0 Å². The van der Waals surface area contributed by atoms with Gasteiger partial charge in [-0.25, -0.2) is 0 Å². The van der Waals surface area contributed by atoms with Gasteiger partial charge in [0.25, 0.3) is 0 Å². The zero-order valence-corrected chi connectivity index (χ0v) is 14.7. The second-order valence-electron chi connectivity index (χ2n) is 5.41. The first kappa shape index (κ1) is 19.4. The molecule has 0 aliphatic carbocycles. The summed E-state index contributed by atoms with van der Waals surface area (Å²) in [6.07, 6.45) is 3.76. The van der Waals surface area contributed by atoms with Crippen molar-refractivity contribution in [2.45, 2.75) is 19.8 Å². The highest BCUT2D eigenvalue weighted by Crippen LogP contribution is 1.93. The molecule has 0 aromatic carbocycles. The van der Waals surface area contributed by atoms with E-state index in [4.69, 9.17) is 4.74 Å². The monoisotopic (exact) mass is 321 g/mol. The average Bonchev–Trinajstić information content (AvgIpc) is 2.57. The number of likely N-dealkylation sites (N-methyl/N-ethyl adjacent to an activating group) is 1. The highest BCUT2D eigenvalue weighted by molar-refractivity contribution is 5.79. The largest absolute Gasteiger partial charge is 0.383 e. The van der Waals surface area contributed by atoms with Crippen LogP contribution in [0.15, 0.2) is 29.4 Å².